The van der Waals surface area contributed by atoms with Gasteiger partial charge in [0.25, 0.3) is 0 Å². The third-order valence-corrected chi connectivity index (χ3v) is 4.71. The third kappa shape index (κ3) is 2.33. The van der Waals surface area contributed by atoms with Gasteiger partial charge in [0.05, 0.1) is 29.3 Å². The summed E-state index contributed by atoms with van der Waals surface area (Å²) in [5.41, 5.74) is 4.72. The first-order valence-electron chi connectivity index (χ1n) is 7.95. The van der Waals surface area contributed by atoms with Crippen LogP contribution in [0.3, 0.4) is 0 Å². The lowest BCUT2D eigenvalue weighted by Gasteiger charge is -2.25. The third-order valence-electron chi connectivity index (χ3n) is 4.71. The minimum atomic E-state index is 0.622. The van der Waals surface area contributed by atoms with Crippen LogP contribution in [-0.4, -0.2) is 28.9 Å². The number of hydrogen-bond acceptors (Lipinski definition) is 3. The van der Waals surface area contributed by atoms with Gasteiger partial charge in [-0.05, 0) is 44.2 Å². The molecule has 0 aliphatic heterocycles. The van der Waals surface area contributed by atoms with Crippen LogP contribution in [0.1, 0.15) is 49.8 Å². The monoisotopic (exact) mass is 282 g/mol. The molecule has 21 heavy (non-hydrogen) atoms. The van der Waals surface area contributed by atoms with Gasteiger partial charge in [0.2, 0.25) is 0 Å². The molecule has 4 nitrogen and oxygen atoms in total. The maximum absolute atomic E-state index is 4.89. The van der Waals surface area contributed by atoms with Gasteiger partial charge in [0, 0.05) is 31.8 Å². The van der Waals surface area contributed by atoms with E-state index in [1.54, 1.807) is 0 Å². The van der Waals surface area contributed by atoms with E-state index in [4.69, 9.17) is 5.10 Å². The number of anilines is 1. The van der Waals surface area contributed by atoms with Crippen molar-refractivity contribution in [1.29, 1.82) is 0 Å². The first-order chi connectivity index (χ1) is 10.2. The maximum Gasteiger partial charge on any atom is 0.0749 e. The van der Waals surface area contributed by atoms with E-state index in [9.17, 15) is 0 Å². The van der Waals surface area contributed by atoms with Crippen LogP contribution in [0.25, 0.3) is 11.3 Å². The zero-order valence-corrected chi connectivity index (χ0v) is 12.8. The summed E-state index contributed by atoms with van der Waals surface area (Å²) in [6.45, 7) is 0. The molecule has 2 aliphatic carbocycles. The number of rotatable bonds is 4. The Morgan fingerprint density at radius 1 is 1.14 bits per heavy atom. The fourth-order valence-electron chi connectivity index (χ4n) is 2.91. The van der Waals surface area contributed by atoms with Gasteiger partial charge in [-0.15, -0.1) is 0 Å². The van der Waals surface area contributed by atoms with Crippen molar-refractivity contribution < 1.29 is 0 Å². The predicted octanol–water partition coefficient (Wildman–Crippen LogP) is 3.61. The first-order valence-corrected chi connectivity index (χ1v) is 7.95. The Morgan fingerprint density at radius 2 is 1.95 bits per heavy atom. The largest absolute Gasteiger partial charge is 0.376 e. The lowest BCUT2D eigenvalue weighted by Crippen LogP contribution is -2.17. The molecule has 0 unspecified atom stereocenters. The van der Waals surface area contributed by atoms with Crippen molar-refractivity contribution >= 4 is 5.69 Å². The first kappa shape index (κ1) is 12.9. The second kappa shape index (κ2) is 4.86. The van der Waals surface area contributed by atoms with Gasteiger partial charge in [-0.3, -0.25) is 9.67 Å². The molecule has 0 N–H and O–H groups in total. The highest BCUT2D eigenvalue weighted by Crippen LogP contribution is 2.44. The van der Waals surface area contributed by atoms with E-state index in [1.165, 1.54) is 43.4 Å². The molecule has 4 rings (SSSR count). The average Bonchev–Trinajstić information content (AvgIpc) is 3.18. The minimum absolute atomic E-state index is 0.622. The van der Waals surface area contributed by atoms with Crippen LogP contribution in [0.4, 0.5) is 5.69 Å². The van der Waals surface area contributed by atoms with E-state index in [0.717, 1.165) is 11.4 Å². The summed E-state index contributed by atoms with van der Waals surface area (Å²) < 4.78 is 2.20. The number of aromatic nitrogens is 3. The van der Waals surface area contributed by atoms with Crippen molar-refractivity contribution in [1.82, 2.24) is 14.8 Å². The van der Waals surface area contributed by atoms with Crippen molar-refractivity contribution in [3.63, 3.8) is 0 Å². The van der Waals surface area contributed by atoms with Crippen molar-refractivity contribution in [2.24, 2.45) is 0 Å². The molecule has 2 saturated carbocycles. The van der Waals surface area contributed by atoms with E-state index >= 15 is 0 Å². The topological polar surface area (TPSA) is 34.0 Å². The molecular formula is C17H22N4. The van der Waals surface area contributed by atoms with E-state index < -0.39 is 0 Å². The lowest BCUT2D eigenvalue weighted by molar-refractivity contribution is 0.288. The second-order valence-electron chi connectivity index (χ2n) is 6.56. The van der Waals surface area contributed by atoms with Crippen LogP contribution in [0.5, 0.6) is 0 Å². The zero-order chi connectivity index (χ0) is 14.4. The molecule has 2 aliphatic rings. The van der Waals surface area contributed by atoms with Gasteiger partial charge in [-0.25, -0.2) is 0 Å². The number of nitrogens with zero attached hydrogens (tertiary/aromatic N) is 4. The Bertz CT molecular complexity index is 633. The molecule has 0 spiro atoms. The summed E-state index contributed by atoms with van der Waals surface area (Å²) in [4.78, 5) is 6.74. The van der Waals surface area contributed by atoms with E-state index in [1.807, 2.05) is 20.3 Å². The minimum Gasteiger partial charge on any atom is -0.376 e. The molecule has 0 atom stereocenters. The highest BCUT2D eigenvalue weighted by atomic mass is 15.3. The van der Waals surface area contributed by atoms with Gasteiger partial charge >= 0.3 is 0 Å². The summed E-state index contributed by atoms with van der Waals surface area (Å²) in [5, 5.41) is 4.89. The van der Waals surface area contributed by atoms with Gasteiger partial charge in [0.15, 0.2) is 0 Å². The van der Waals surface area contributed by atoms with Crippen molar-refractivity contribution in [2.45, 2.75) is 44.1 Å². The standard InChI is InChI=1S/C17H22N4/c1-20(2)14-8-9-16(18-10-14)15-11-21(13-4-3-5-13)19-17(15)12-6-7-12/h8-13H,3-7H2,1-2H3. The van der Waals surface area contributed by atoms with Crippen LogP contribution in [0, 0.1) is 0 Å². The summed E-state index contributed by atoms with van der Waals surface area (Å²) in [5.74, 6) is 0.664. The molecule has 2 heterocycles. The summed E-state index contributed by atoms with van der Waals surface area (Å²) in [7, 11) is 4.09. The Kier molecular flexibility index (Phi) is 2.98. The van der Waals surface area contributed by atoms with Crippen molar-refractivity contribution in [3.8, 4) is 11.3 Å². The predicted molar refractivity (Wildman–Crippen MR) is 84.6 cm³/mol. The molecule has 2 aromatic rings. The molecule has 0 amide bonds. The molecule has 0 bridgehead atoms. The highest BCUT2D eigenvalue weighted by molar-refractivity contribution is 5.64. The van der Waals surface area contributed by atoms with Crippen LogP contribution < -0.4 is 4.90 Å². The Morgan fingerprint density at radius 3 is 2.48 bits per heavy atom. The highest BCUT2D eigenvalue weighted by Gasteiger charge is 2.31. The maximum atomic E-state index is 4.89. The molecule has 0 aromatic carbocycles. The quantitative estimate of drug-likeness (QED) is 0.859. The Hall–Kier alpha value is -1.84. The fourth-order valence-corrected chi connectivity index (χ4v) is 2.91. The molecule has 110 valence electrons. The van der Waals surface area contributed by atoms with Crippen LogP contribution in [-0.2, 0) is 0 Å². The van der Waals surface area contributed by atoms with Gasteiger partial charge < -0.3 is 4.90 Å². The summed E-state index contributed by atoms with van der Waals surface area (Å²) in [6, 6.07) is 4.89. The van der Waals surface area contributed by atoms with Crippen LogP contribution in [0.2, 0.25) is 0 Å². The van der Waals surface area contributed by atoms with Gasteiger partial charge in [0.1, 0.15) is 0 Å². The summed E-state index contributed by atoms with van der Waals surface area (Å²) in [6.07, 6.45) is 10.6. The van der Waals surface area contributed by atoms with E-state index in [0.29, 0.717) is 12.0 Å². The van der Waals surface area contributed by atoms with Crippen molar-refractivity contribution in [2.75, 3.05) is 19.0 Å². The smallest absolute Gasteiger partial charge is 0.0749 e. The molecule has 0 radical (unpaired) electrons. The number of pyridine rings is 1. The van der Waals surface area contributed by atoms with Gasteiger partial charge in [-0.2, -0.15) is 5.10 Å². The average molecular weight is 282 g/mol. The number of hydrogen-bond donors (Lipinski definition) is 0. The van der Waals surface area contributed by atoms with E-state index in [2.05, 4.69) is 32.9 Å². The zero-order valence-electron chi connectivity index (χ0n) is 12.8. The molecule has 2 fully saturated rings. The van der Waals surface area contributed by atoms with E-state index in [-0.39, 0.29) is 0 Å². The normalized spacial score (nSPS) is 18.6. The Labute approximate surface area is 125 Å². The van der Waals surface area contributed by atoms with Crippen molar-refractivity contribution in [3.05, 3.63) is 30.2 Å². The summed E-state index contributed by atoms with van der Waals surface area (Å²) >= 11 is 0. The van der Waals surface area contributed by atoms with Crippen LogP contribution in [0.15, 0.2) is 24.5 Å². The SMILES string of the molecule is CN(C)c1ccc(-c2cn(C3CCC3)nc2C2CC2)nc1. The molecule has 2 aromatic heterocycles. The molecule has 0 saturated heterocycles. The van der Waals surface area contributed by atoms with Gasteiger partial charge in [-0.1, -0.05) is 0 Å². The molecule has 4 heteroatoms. The Balaban J connectivity index is 1.70. The van der Waals surface area contributed by atoms with Crippen LogP contribution >= 0.6 is 0 Å². The second-order valence-corrected chi connectivity index (χ2v) is 6.56. The lowest BCUT2D eigenvalue weighted by atomic mass is 9.93. The molecular weight excluding hydrogens is 260 g/mol. The fraction of sp³-hybridized carbons (Fsp3) is 0.529.